The lowest BCUT2D eigenvalue weighted by molar-refractivity contribution is 0.869. The van der Waals surface area contributed by atoms with Crippen molar-refractivity contribution in [3.63, 3.8) is 0 Å². The molecule has 0 fully saturated rings. The zero-order valence-corrected chi connectivity index (χ0v) is 10.6. The van der Waals surface area contributed by atoms with Crippen molar-refractivity contribution in [2.45, 2.75) is 19.8 Å². The van der Waals surface area contributed by atoms with Gasteiger partial charge in [-0.3, -0.25) is 4.98 Å². The first-order chi connectivity index (χ1) is 8.16. The van der Waals surface area contributed by atoms with E-state index in [-0.39, 0.29) is 0 Å². The lowest BCUT2D eigenvalue weighted by Gasteiger charge is -2.14. The molecule has 88 valence electrons. The summed E-state index contributed by atoms with van der Waals surface area (Å²) in [6.07, 6.45) is 5.00. The summed E-state index contributed by atoms with van der Waals surface area (Å²) in [4.78, 5) is 8.21. The second kappa shape index (κ2) is 5.15. The van der Waals surface area contributed by atoms with Gasteiger partial charge in [0.15, 0.2) is 0 Å². The van der Waals surface area contributed by atoms with E-state index in [1.54, 1.807) is 18.6 Å². The summed E-state index contributed by atoms with van der Waals surface area (Å²) in [6, 6.07) is 5.81. The van der Waals surface area contributed by atoms with Crippen molar-refractivity contribution in [3.8, 4) is 0 Å². The fourth-order valence-electron chi connectivity index (χ4n) is 1.63. The molecule has 0 aliphatic heterocycles. The van der Waals surface area contributed by atoms with Crippen molar-refractivity contribution >= 4 is 23.1 Å². The smallest absolute Gasteiger partial charge is 0.148 e. The summed E-state index contributed by atoms with van der Waals surface area (Å²) < 4.78 is 0. The first-order valence-corrected chi connectivity index (χ1v) is 5.87. The van der Waals surface area contributed by atoms with Crippen LogP contribution in [0.4, 0.5) is 11.5 Å². The van der Waals surface area contributed by atoms with E-state index >= 15 is 0 Å². The van der Waals surface area contributed by atoms with E-state index in [2.05, 4.69) is 29.1 Å². The number of nitrogens with one attached hydrogen (secondary N) is 1. The normalized spacial score (nSPS) is 10.6. The van der Waals surface area contributed by atoms with Crippen LogP contribution in [0.25, 0.3) is 0 Å². The fourth-order valence-corrected chi connectivity index (χ4v) is 1.81. The van der Waals surface area contributed by atoms with E-state index in [0.717, 1.165) is 16.5 Å². The molecule has 17 heavy (non-hydrogen) atoms. The molecule has 0 aliphatic carbocycles. The molecule has 0 bridgehead atoms. The lowest BCUT2D eigenvalue weighted by Crippen LogP contribution is -1.99. The number of rotatable bonds is 3. The summed E-state index contributed by atoms with van der Waals surface area (Å²) in [5.41, 5.74) is 2.19. The van der Waals surface area contributed by atoms with Crippen molar-refractivity contribution in [1.29, 1.82) is 0 Å². The quantitative estimate of drug-likeness (QED) is 0.891. The number of anilines is 2. The third kappa shape index (κ3) is 2.94. The molecule has 1 N–H and O–H groups in total. The van der Waals surface area contributed by atoms with Crippen LogP contribution in [0.15, 0.2) is 36.8 Å². The van der Waals surface area contributed by atoms with Crippen molar-refractivity contribution < 1.29 is 0 Å². The average molecular weight is 248 g/mol. The van der Waals surface area contributed by atoms with E-state index in [1.807, 2.05) is 18.2 Å². The minimum atomic E-state index is 0.396. The number of hydrogen-bond acceptors (Lipinski definition) is 3. The van der Waals surface area contributed by atoms with E-state index in [9.17, 15) is 0 Å². The van der Waals surface area contributed by atoms with E-state index in [0.29, 0.717) is 5.92 Å². The summed E-state index contributed by atoms with van der Waals surface area (Å²) in [6.45, 7) is 4.26. The third-order valence-corrected chi connectivity index (χ3v) is 2.70. The Bertz CT molecular complexity index is 497. The zero-order chi connectivity index (χ0) is 12.3. The van der Waals surface area contributed by atoms with Gasteiger partial charge in [0.2, 0.25) is 0 Å². The Hall–Kier alpha value is -1.61. The van der Waals surface area contributed by atoms with Crippen LogP contribution in [0.1, 0.15) is 25.3 Å². The Balaban J connectivity index is 2.33. The van der Waals surface area contributed by atoms with Gasteiger partial charge in [-0.15, -0.1) is 0 Å². The summed E-state index contributed by atoms with van der Waals surface area (Å²) >= 11 is 6.01. The van der Waals surface area contributed by atoms with Gasteiger partial charge in [-0.1, -0.05) is 25.4 Å². The van der Waals surface area contributed by atoms with Crippen LogP contribution in [0.3, 0.4) is 0 Å². The van der Waals surface area contributed by atoms with Crippen LogP contribution >= 0.6 is 11.6 Å². The Morgan fingerprint density at radius 2 is 2.06 bits per heavy atom. The highest BCUT2D eigenvalue weighted by atomic mass is 35.5. The largest absolute Gasteiger partial charge is 0.339 e. The van der Waals surface area contributed by atoms with Gasteiger partial charge < -0.3 is 5.32 Å². The third-order valence-electron chi connectivity index (χ3n) is 2.46. The molecule has 0 unspecified atom stereocenters. The molecule has 1 heterocycles. The number of nitrogens with zero attached hydrogens (tertiary/aromatic N) is 2. The Morgan fingerprint density at radius 1 is 1.24 bits per heavy atom. The van der Waals surface area contributed by atoms with E-state index in [4.69, 9.17) is 11.6 Å². The second-order valence-corrected chi connectivity index (χ2v) is 4.54. The Kier molecular flexibility index (Phi) is 3.59. The fraction of sp³-hybridized carbons (Fsp3) is 0.231. The molecular weight excluding hydrogens is 234 g/mol. The SMILES string of the molecule is CC(C)c1cc(Cl)ccc1Nc1cnccn1. The molecule has 0 spiro atoms. The lowest BCUT2D eigenvalue weighted by atomic mass is 10.0. The van der Waals surface area contributed by atoms with Crippen LogP contribution in [-0.4, -0.2) is 9.97 Å². The maximum atomic E-state index is 6.01. The molecule has 0 amide bonds. The van der Waals surface area contributed by atoms with Gasteiger partial charge in [0.05, 0.1) is 6.20 Å². The Morgan fingerprint density at radius 3 is 2.71 bits per heavy atom. The van der Waals surface area contributed by atoms with Gasteiger partial charge in [0.25, 0.3) is 0 Å². The van der Waals surface area contributed by atoms with Crippen LogP contribution in [0.2, 0.25) is 5.02 Å². The average Bonchev–Trinajstić information content (AvgIpc) is 2.32. The number of halogens is 1. The minimum absolute atomic E-state index is 0.396. The maximum absolute atomic E-state index is 6.01. The molecule has 0 radical (unpaired) electrons. The number of aromatic nitrogens is 2. The van der Waals surface area contributed by atoms with Crippen molar-refractivity contribution in [2.75, 3.05) is 5.32 Å². The topological polar surface area (TPSA) is 37.8 Å². The molecule has 1 aromatic carbocycles. The van der Waals surface area contributed by atoms with E-state index in [1.165, 1.54) is 5.56 Å². The molecule has 0 saturated carbocycles. The van der Waals surface area contributed by atoms with Gasteiger partial charge in [0.1, 0.15) is 5.82 Å². The molecule has 2 rings (SSSR count). The van der Waals surface area contributed by atoms with Crippen LogP contribution in [0, 0.1) is 0 Å². The highest BCUT2D eigenvalue weighted by Gasteiger charge is 2.08. The molecular formula is C13H14ClN3. The van der Waals surface area contributed by atoms with Crippen molar-refractivity contribution in [3.05, 3.63) is 47.4 Å². The molecule has 3 nitrogen and oxygen atoms in total. The van der Waals surface area contributed by atoms with Crippen LogP contribution in [0.5, 0.6) is 0 Å². The number of benzene rings is 1. The highest BCUT2D eigenvalue weighted by molar-refractivity contribution is 6.30. The van der Waals surface area contributed by atoms with Gasteiger partial charge in [-0.2, -0.15) is 0 Å². The van der Waals surface area contributed by atoms with Gasteiger partial charge in [-0.25, -0.2) is 4.98 Å². The van der Waals surface area contributed by atoms with Crippen molar-refractivity contribution in [1.82, 2.24) is 9.97 Å². The Labute approximate surface area is 106 Å². The standard InChI is InChI=1S/C13H14ClN3/c1-9(2)11-7-10(14)3-4-12(11)17-13-8-15-5-6-16-13/h3-9H,1-2H3,(H,16,17). The van der Waals surface area contributed by atoms with Gasteiger partial charge in [-0.05, 0) is 29.7 Å². The zero-order valence-electron chi connectivity index (χ0n) is 9.81. The first kappa shape index (κ1) is 11.9. The predicted molar refractivity (Wildman–Crippen MR) is 70.9 cm³/mol. The maximum Gasteiger partial charge on any atom is 0.148 e. The molecule has 4 heteroatoms. The number of hydrogen-bond donors (Lipinski definition) is 1. The van der Waals surface area contributed by atoms with E-state index < -0.39 is 0 Å². The molecule has 1 aromatic heterocycles. The molecule has 2 aromatic rings. The highest BCUT2D eigenvalue weighted by Crippen LogP contribution is 2.29. The predicted octanol–water partition coefficient (Wildman–Crippen LogP) is 4.00. The van der Waals surface area contributed by atoms with Gasteiger partial charge in [0, 0.05) is 23.1 Å². The monoisotopic (exact) mass is 247 g/mol. The minimum Gasteiger partial charge on any atom is -0.339 e. The second-order valence-electron chi connectivity index (χ2n) is 4.10. The van der Waals surface area contributed by atoms with Gasteiger partial charge >= 0.3 is 0 Å². The molecule has 0 saturated heterocycles. The van der Waals surface area contributed by atoms with Crippen molar-refractivity contribution in [2.24, 2.45) is 0 Å². The summed E-state index contributed by atoms with van der Waals surface area (Å²) in [5, 5.41) is 4.00. The van der Waals surface area contributed by atoms with Crippen LogP contribution in [-0.2, 0) is 0 Å². The first-order valence-electron chi connectivity index (χ1n) is 5.49. The molecule has 0 atom stereocenters. The summed E-state index contributed by atoms with van der Waals surface area (Å²) in [7, 11) is 0. The van der Waals surface area contributed by atoms with Crippen LogP contribution < -0.4 is 5.32 Å². The molecule has 0 aliphatic rings. The summed E-state index contributed by atoms with van der Waals surface area (Å²) in [5.74, 6) is 1.13.